The van der Waals surface area contributed by atoms with E-state index >= 15 is 0 Å². The average molecular weight is 646 g/mol. The molecule has 0 saturated heterocycles. The van der Waals surface area contributed by atoms with Crippen molar-refractivity contribution in [2.24, 2.45) is 0 Å². The van der Waals surface area contributed by atoms with E-state index in [4.69, 9.17) is 19.2 Å². The van der Waals surface area contributed by atoms with Gasteiger partial charge in [0.2, 0.25) is 0 Å². The van der Waals surface area contributed by atoms with E-state index < -0.39 is 74.9 Å². The van der Waals surface area contributed by atoms with Gasteiger partial charge in [-0.05, 0) is 0 Å². The van der Waals surface area contributed by atoms with Gasteiger partial charge in [0.05, 0.1) is 0 Å². The molecule has 0 amide bonds. The summed E-state index contributed by atoms with van der Waals surface area (Å²) < 4.78 is 18.3. The molecule has 0 spiro atoms. The fourth-order valence-corrected chi connectivity index (χ4v) is 0. The first kappa shape index (κ1) is 30.9. The van der Waals surface area contributed by atoms with Crippen molar-refractivity contribution in [1.29, 1.82) is 0 Å². The first-order valence-corrected chi connectivity index (χ1v) is 4.94. The Bertz CT molecular complexity index is 63.4. The summed E-state index contributed by atoms with van der Waals surface area (Å²) >= 11 is -0.611. The molecule has 40 valence electrons. The molecule has 0 aliphatic rings. The van der Waals surface area contributed by atoms with Crippen LogP contribution in [0.3, 0.4) is 0 Å². The van der Waals surface area contributed by atoms with Crippen LogP contribution < -0.4 is 221 Å². The Balaban J connectivity index is -0.0000000154. The third kappa shape index (κ3) is 55.5. The van der Waals surface area contributed by atoms with Crippen molar-refractivity contribution < 1.29 is 224 Å². The van der Waals surface area contributed by atoms with Gasteiger partial charge >= 0.3 is 271 Å². The van der Waals surface area contributed by atoms with Crippen molar-refractivity contribution in [3.8, 4) is 0 Å². The molecule has 0 saturated carbocycles. The molecule has 0 radical (unpaired) electrons. The predicted octanol–water partition coefficient (Wildman–Crippen LogP) is -11.8. The summed E-state index contributed by atoms with van der Waals surface area (Å²) in [4.78, 5) is 25.6. The Morgan fingerprint density at radius 2 is 1.00 bits per heavy atom. The van der Waals surface area contributed by atoms with Crippen LogP contribution in [-0.4, -0.2) is 67.1 Å². The molecule has 10 heteroatoms. The van der Waals surface area contributed by atoms with Crippen LogP contribution in [0, 0.1) is 0 Å². The van der Waals surface area contributed by atoms with E-state index in [0.29, 0.717) is 0 Å². The van der Waals surface area contributed by atoms with Gasteiger partial charge in [-0.3, -0.25) is 0 Å². The SMILES string of the molecule is O=P([O-])([O-])[O-].[Cs+].[Cs+].[Cs+].[F][Cs]. The van der Waals surface area contributed by atoms with Crippen molar-refractivity contribution in [2.45, 2.75) is 0 Å². The molecule has 4 nitrogen and oxygen atoms in total. The van der Waals surface area contributed by atoms with Gasteiger partial charge in [-0.15, -0.1) is 0 Å². The molecule has 0 aromatic rings. The summed E-state index contributed by atoms with van der Waals surface area (Å²) in [5.41, 5.74) is 0. The van der Waals surface area contributed by atoms with Crippen LogP contribution in [0.15, 0.2) is 0 Å². The van der Waals surface area contributed by atoms with Gasteiger partial charge in [-0.2, -0.15) is 7.82 Å². The van der Waals surface area contributed by atoms with Gasteiger partial charge in [-0.25, -0.2) is 0 Å². The average Bonchev–Trinajstić information content (AvgIpc) is 1.36. The minimum absolute atomic E-state index is 0. The van der Waals surface area contributed by atoms with Gasteiger partial charge in [0, 0.05) is 0 Å². The fraction of sp³-hybridized carbons (Fsp3) is 0. The second kappa shape index (κ2) is 22.4. The number of phosphoric acid groups is 1. The Hall–Kier alpha value is 8.25. The third-order valence-corrected chi connectivity index (χ3v) is 0. The zero-order valence-electron chi connectivity index (χ0n) is 6.46. The van der Waals surface area contributed by atoms with Gasteiger partial charge in [0.25, 0.3) is 0 Å². The monoisotopic (exact) mass is 646 g/mol. The van der Waals surface area contributed by atoms with Crippen LogP contribution >= 0.6 is 7.82 Å². The summed E-state index contributed by atoms with van der Waals surface area (Å²) in [6, 6.07) is 0. The molecule has 0 N–H and O–H groups in total. The molecule has 0 heterocycles. The molecule has 0 aliphatic heterocycles. The van der Waals surface area contributed by atoms with E-state index in [-0.39, 0.29) is 207 Å². The standard InChI is InChI=1S/4Cs.FH.H3O4P/c;;;;;1-5(2,3)4/h;;;;1H;(H3,1,2,3,4)/q4*+1;;/p-4. The molecule has 0 fully saturated rings. The van der Waals surface area contributed by atoms with Gasteiger partial charge in [-0.1, -0.05) is 0 Å². The van der Waals surface area contributed by atoms with Crippen LogP contribution in [0.5, 0.6) is 0 Å². The summed E-state index contributed by atoms with van der Waals surface area (Å²) in [5, 5.41) is 0. The maximum atomic E-state index is 9.72. The second-order valence-electron chi connectivity index (χ2n) is 0.447. The maximum absolute atomic E-state index is 9.72. The summed E-state index contributed by atoms with van der Waals surface area (Å²) in [6.07, 6.45) is 0. The molecule has 0 bridgehead atoms. The van der Waals surface area contributed by atoms with Crippen LogP contribution in [0.25, 0.3) is 0 Å². The van der Waals surface area contributed by atoms with Crippen molar-refractivity contribution in [2.75, 3.05) is 0 Å². The molecule has 10 heavy (non-hydrogen) atoms. The van der Waals surface area contributed by atoms with Gasteiger partial charge in [0.15, 0.2) is 0 Å². The van der Waals surface area contributed by atoms with Gasteiger partial charge in [0.1, 0.15) is 0 Å². The summed E-state index contributed by atoms with van der Waals surface area (Å²) in [7, 11) is -5.39. The first-order valence-electron chi connectivity index (χ1n) is 1.11. The van der Waals surface area contributed by atoms with Crippen LogP contribution in [0.1, 0.15) is 0 Å². The van der Waals surface area contributed by atoms with Crippen molar-refractivity contribution in [3.63, 3.8) is 0 Å². The Morgan fingerprint density at radius 1 is 1.00 bits per heavy atom. The van der Waals surface area contributed by atoms with E-state index in [0.717, 1.165) is 0 Å². The number of hydrogen-bond donors (Lipinski definition) is 0. The van der Waals surface area contributed by atoms with Crippen LogP contribution in [0.4, 0.5) is -2.32 Å². The number of hydrogen-bond acceptors (Lipinski definition) is 4. The fourth-order valence-electron chi connectivity index (χ4n) is 0. The first-order chi connectivity index (χ1) is 3.00. The van der Waals surface area contributed by atoms with Gasteiger partial charge < -0.3 is 19.2 Å². The quantitative estimate of drug-likeness (QED) is 0.245. The zero-order chi connectivity index (χ0) is 6.50. The topological polar surface area (TPSA) is 86.2 Å². The number of rotatable bonds is 0. The molecule has 0 rings (SSSR count). The molecule has 0 unspecified atom stereocenters. The molecule has 0 atom stereocenters. The summed E-state index contributed by atoms with van der Waals surface area (Å²) in [6.45, 7) is 0. The third-order valence-electron chi connectivity index (χ3n) is 0. The summed E-state index contributed by atoms with van der Waals surface area (Å²) in [5.74, 6) is 0. The van der Waals surface area contributed by atoms with E-state index in [1.165, 1.54) is 0 Å². The number of halogens is 1. The second-order valence-corrected chi connectivity index (χ2v) is 1.34. The molecule has 0 aliphatic carbocycles. The Kier molecular flexibility index (Phi) is 69.4. The van der Waals surface area contributed by atoms with E-state index in [1.807, 2.05) is 0 Å². The molecular formula is Cs4FO4P. The zero-order valence-corrected chi connectivity index (χ0v) is 32.5. The van der Waals surface area contributed by atoms with E-state index in [2.05, 4.69) is 0 Å². The van der Waals surface area contributed by atoms with E-state index in [9.17, 15) is -2.32 Å². The minimum atomic E-state index is -5.39. The van der Waals surface area contributed by atoms with Crippen molar-refractivity contribution in [3.05, 3.63) is 0 Å². The Morgan fingerprint density at radius 3 is 1.00 bits per heavy atom. The molecular weight excluding hydrogens is 646 g/mol. The van der Waals surface area contributed by atoms with E-state index in [1.54, 1.807) is 0 Å². The molecule has 0 aromatic heterocycles. The normalized spacial score (nSPS) is 6.60. The Labute approximate surface area is 285 Å². The van der Waals surface area contributed by atoms with Crippen LogP contribution in [-0.2, 0) is 4.57 Å². The van der Waals surface area contributed by atoms with Crippen molar-refractivity contribution >= 4 is 74.9 Å². The van der Waals surface area contributed by atoms with Crippen LogP contribution in [0.2, 0.25) is 0 Å². The molecule has 0 aromatic carbocycles. The predicted molar refractivity (Wildman–Crippen MR) is 14.5 cm³/mol. The van der Waals surface area contributed by atoms with Crippen molar-refractivity contribution in [1.82, 2.24) is 0 Å².